The SMILES string of the molecule is NCc1ccc(C(=O)NC2CC2)cc1-n1cnc2ccc(N3CCN(CC(=O)O)CC3)cc2c1=O. The Kier molecular flexibility index (Phi) is 6.23. The number of aliphatic carboxylic acids is 1. The number of nitrogens with one attached hydrogen (secondary N) is 1. The van der Waals surface area contributed by atoms with Crippen molar-refractivity contribution in [3.8, 4) is 5.69 Å². The second-order valence-electron chi connectivity index (χ2n) is 9.07. The molecule has 2 aliphatic rings. The molecule has 1 amide bonds. The summed E-state index contributed by atoms with van der Waals surface area (Å²) in [4.78, 5) is 45.7. The van der Waals surface area contributed by atoms with E-state index in [1.54, 1.807) is 18.2 Å². The smallest absolute Gasteiger partial charge is 0.317 e. The van der Waals surface area contributed by atoms with Gasteiger partial charge in [-0.1, -0.05) is 6.07 Å². The number of amides is 1. The van der Waals surface area contributed by atoms with E-state index >= 15 is 0 Å². The van der Waals surface area contributed by atoms with Crippen LogP contribution < -0.4 is 21.5 Å². The Morgan fingerprint density at radius 3 is 2.54 bits per heavy atom. The van der Waals surface area contributed by atoms with Gasteiger partial charge in [-0.15, -0.1) is 0 Å². The van der Waals surface area contributed by atoms with Gasteiger partial charge in [-0.25, -0.2) is 4.98 Å². The number of nitrogens with zero attached hydrogens (tertiary/aromatic N) is 4. The Morgan fingerprint density at radius 2 is 1.86 bits per heavy atom. The molecule has 4 N–H and O–H groups in total. The van der Waals surface area contributed by atoms with Crippen LogP contribution in [0.3, 0.4) is 0 Å². The molecule has 1 saturated heterocycles. The first-order chi connectivity index (χ1) is 16.9. The summed E-state index contributed by atoms with van der Waals surface area (Å²) in [5.41, 5.74) is 8.93. The molecule has 2 heterocycles. The van der Waals surface area contributed by atoms with Gasteiger partial charge in [0.2, 0.25) is 0 Å². The van der Waals surface area contributed by atoms with Crippen LogP contribution in [0.1, 0.15) is 28.8 Å². The van der Waals surface area contributed by atoms with E-state index in [1.165, 1.54) is 10.9 Å². The second kappa shape index (κ2) is 9.47. The molecule has 1 saturated carbocycles. The van der Waals surface area contributed by atoms with E-state index < -0.39 is 5.97 Å². The number of fused-ring (bicyclic) bond motifs is 1. The van der Waals surface area contributed by atoms with Crippen molar-refractivity contribution in [2.24, 2.45) is 5.73 Å². The number of carboxylic acids is 1. The van der Waals surface area contributed by atoms with Crippen LogP contribution in [0, 0.1) is 0 Å². The molecular formula is C25H28N6O4. The van der Waals surface area contributed by atoms with E-state index in [4.69, 9.17) is 10.8 Å². The highest BCUT2D eigenvalue weighted by Gasteiger charge is 2.24. The van der Waals surface area contributed by atoms with Crippen LogP contribution in [0.4, 0.5) is 5.69 Å². The van der Waals surface area contributed by atoms with Crippen LogP contribution in [-0.2, 0) is 11.3 Å². The number of carboxylic acid groups (broad SMARTS) is 1. The van der Waals surface area contributed by atoms with Crippen molar-refractivity contribution in [3.05, 3.63) is 64.2 Å². The highest BCUT2D eigenvalue weighted by Crippen LogP contribution is 2.23. The molecule has 1 aromatic heterocycles. The van der Waals surface area contributed by atoms with Gasteiger partial charge < -0.3 is 21.1 Å². The number of benzene rings is 2. The molecule has 0 spiro atoms. The number of hydrogen-bond donors (Lipinski definition) is 3. The monoisotopic (exact) mass is 476 g/mol. The molecular weight excluding hydrogens is 448 g/mol. The first kappa shape index (κ1) is 23.0. The maximum atomic E-state index is 13.6. The minimum atomic E-state index is -0.832. The molecule has 10 heteroatoms. The van der Waals surface area contributed by atoms with Gasteiger partial charge in [0.05, 0.1) is 23.1 Å². The number of hydrogen-bond acceptors (Lipinski definition) is 7. The van der Waals surface area contributed by atoms with Gasteiger partial charge in [0.1, 0.15) is 6.33 Å². The summed E-state index contributed by atoms with van der Waals surface area (Å²) in [5.74, 6) is -0.995. The van der Waals surface area contributed by atoms with Gasteiger partial charge >= 0.3 is 5.97 Å². The van der Waals surface area contributed by atoms with Gasteiger partial charge in [0.15, 0.2) is 0 Å². The van der Waals surface area contributed by atoms with Gasteiger partial charge in [-0.2, -0.15) is 0 Å². The molecule has 35 heavy (non-hydrogen) atoms. The van der Waals surface area contributed by atoms with Gasteiger partial charge in [-0.05, 0) is 48.7 Å². The number of carbonyl (C=O) groups excluding carboxylic acids is 1. The zero-order valence-corrected chi connectivity index (χ0v) is 19.3. The molecule has 182 valence electrons. The third-order valence-electron chi connectivity index (χ3n) is 6.58. The number of piperazine rings is 1. The molecule has 3 aromatic rings. The number of nitrogens with two attached hydrogens (primary N) is 1. The molecule has 2 aromatic carbocycles. The van der Waals surface area contributed by atoms with Crippen molar-refractivity contribution in [1.82, 2.24) is 19.8 Å². The Balaban J connectivity index is 1.47. The lowest BCUT2D eigenvalue weighted by Crippen LogP contribution is -2.48. The summed E-state index contributed by atoms with van der Waals surface area (Å²) >= 11 is 0. The summed E-state index contributed by atoms with van der Waals surface area (Å²) in [6.07, 6.45) is 3.46. The summed E-state index contributed by atoms with van der Waals surface area (Å²) in [6, 6.07) is 11.0. The zero-order chi connectivity index (χ0) is 24.5. The van der Waals surface area contributed by atoms with Gasteiger partial charge in [-0.3, -0.25) is 23.9 Å². The quantitative estimate of drug-likeness (QED) is 0.459. The number of rotatable bonds is 7. The Hall–Kier alpha value is -3.76. The van der Waals surface area contributed by atoms with E-state index in [-0.39, 0.29) is 30.6 Å². The molecule has 5 rings (SSSR count). The van der Waals surface area contributed by atoms with E-state index in [2.05, 4.69) is 15.2 Å². The third-order valence-corrected chi connectivity index (χ3v) is 6.58. The fourth-order valence-electron chi connectivity index (χ4n) is 4.43. The fourth-order valence-corrected chi connectivity index (χ4v) is 4.43. The lowest BCUT2D eigenvalue weighted by molar-refractivity contribution is -0.138. The summed E-state index contributed by atoms with van der Waals surface area (Å²) < 4.78 is 1.45. The third kappa shape index (κ3) is 4.89. The predicted octanol–water partition coefficient (Wildman–Crippen LogP) is 0.943. The van der Waals surface area contributed by atoms with Crippen molar-refractivity contribution < 1.29 is 14.7 Å². The summed E-state index contributed by atoms with van der Waals surface area (Å²) in [7, 11) is 0. The molecule has 2 fully saturated rings. The Bertz CT molecular complexity index is 1340. The van der Waals surface area contributed by atoms with Crippen LogP contribution in [0.25, 0.3) is 16.6 Å². The maximum Gasteiger partial charge on any atom is 0.317 e. The minimum Gasteiger partial charge on any atom is -0.480 e. The number of anilines is 1. The van der Waals surface area contributed by atoms with Crippen molar-refractivity contribution >= 4 is 28.5 Å². The highest BCUT2D eigenvalue weighted by molar-refractivity contribution is 5.95. The standard InChI is InChI=1S/C25H28N6O4/c26-13-17-2-1-16(24(34)28-18-3-4-18)11-22(17)31-15-27-21-6-5-19(12-20(21)25(31)35)30-9-7-29(8-10-30)14-23(32)33/h1-2,5-6,11-12,15,18H,3-4,7-10,13-14,26H2,(H,28,34)(H,32,33). The van der Waals surface area contributed by atoms with E-state index in [0.29, 0.717) is 48.3 Å². The maximum absolute atomic E-state index is 13.6. The van der Waals surface area contributed by atoms with Crippen LogP contribution in [-0.4, -0.2) is 70.2 Å². The Morgan fingerprint density at radius 1 is 1.09 bits per heavy atom. The van der Waals surface area contributed by atoms with Crippen LogP contribution in [0.15, 0.2) is 47.5 Å². The van der Waals surface area contributed by atoms with E-state index in [9.17, 15) is 14.4 Å². The summed E-state index contributed by atoms with van der Waals surface area (Å²) in [5, 5.41) is 12.5. The van der Waals surface area contributed by atoms with Crippen LogP contribution in [0.2, 0.25) is 0 Å². The van der Waals surface area contributed by atoms with Crippen molar-refractivity contribution in [3.63, 3.8) is 0 Å². The average Bonchev–Trinajstić information content (AvgIpc) is 3.68. The molecule has 1 aliphatic heterocycles. The van der Waals surface area contributed by atoms with Gasteiger partial charge in [0.25, 0.3) is 11.5 Å². The molecule has 0 atom stereocenters. The number of aromatic nitrogens is 2. The highest BCUT2D eigenvalue weighted by atomic mass is 16.4. The first-order valence-electron chi connectivity index (χ1n) is 11.8. The predicted molar refractivity (Wildman–Crippen MR) is 132 cm³/mol. The molecule has 1 aliphatic carbocycles. The lowest BCUT2D eigenvalue weighted by atomic mass is 10.1. The molecule has 0 unspecified atom stereocenters. The number of carbonyl (C=O) groups is 2. The van der Waals surface area contributed by atoms with Crippen molar-refractivity contribution in [1.29, 1.82) is 0 Å². The lowest BCUT2D eigenvalue weighted by Gasteiger charge is -2.35. The summed E-state index contributed by atoms with van der Waals surface area (Å²) in [6.45, 7) is 2.85. The van der Waals surface area contributed by atoms with Crippen LogP contribution in [0.5, 0.6) is 0 Å². The largest absolute Gasteiger partial charge is 0.480 e. The van der Waals surface area contributed by atoms with E-state index in [1.807, 2.05) is 23.1 Å². The van der Waals surface area contributed by atoms with E-state index in [0.717, 1.165) is 24.1 Å². The first-order valence-corrected chi connectivity index (χ1v) is 11.8. The molecule has 0 bridgehead atoms. The van der Waals surface area contributed by atoms with Gasteiger partial charge in [0, 0.05) is 50.0 Å². The van der Waals surface area contributed by atoms with Crippen molar-refractivity contribution in [2.75, 3.05) is 37.6 Å². The average molecular weight is 477 g/mol. The normalized spacial score (nSPS) is 16.4. The minimum absolute atomic E-state index is 0.0292. The molecule has 10 nitrogen and oxygen atoms in total. The fraction of sp³-hybridized carbons (Fsp3) is 0.360. The van der Waals surface area contributed by atoms with Crippen LogP contribution >= 0.6 is 0 Å². The second-order valence-corrected chi connectivity index (χ2v) is 9.07. The molecule has 0 radical (unpaired) electrons. The topological polar surface area (TPSA) is 134 Å². The van der Waals surface area contributed by atoms with Crippen molar-refractivity contribution in [2.45, 2.75) is 25.4 Å². The Labute approximate surface area is 202 Å². The zero-order valence-electron chi connectivity index (χ0n) is 19.3.